The molecule has 0 aliphatic carbocycles. The maximum Gasteiger partial charge on any atom is 0.218 e. The molecule has 4 rings (SSSR count). The lowest BCUT2D eigenvalue weighted by atomic mass is 9.98. The number of benzene rings is 1. The number of nitrogens with two attached hydrogens (primary N) is 1. The summed E-state index contributed by atoms with van der Waals surface area (Å²) < 4.78 is 5.37. The van der Waals surface area contributed by atoms with Crippen LogP contribution in [0.5, 0.6) is 0 Å². The van der Waals surface area contributed by atoms with Crippen LogP contribution >= 0.6 is 0 Å². The highest BCUT2D eigenvalue weighted by atomic mass is 16.3. The summed E-state index contributed by atoms with van der Waals surface area (Å²) in [6.45, 7) is 2.43. The second-order valence-corrected chi connectivity index (χ2v) is 6.61. The molecule has 2 aliphatic heterocycles. The highest BCUT2D eigenvalue weighted by molar-refractivity contribution is 5.98. The lowest BCUT2D eigenvalue weighted by Crippen LogP contribution is -2.61. The van der Waals surface area contributed by atoms with Crippen molar-refractivity contribution in [1.82, 2.24) is 15.3 Å². The van der Waals surface area contributed by atoms with Crippen molar-refractivity contribution in [2.75, 3.05) is 19.6 Å². The Morgan fingerprint density at radius 3 is 2.78 bits per heavy atom. The molecule has 1 aromatic carbocycles. The molecule has 1 saturated heterocycles. The molecule has 2 atom stereocenters. The number of hydrogen-bond donors (Lipinski definition) is 2. The van der Waals surface area contributed by atoms with Gasteiger partial charge in [0.1, 0.15) is 6.04 Å². The zero-order valence-corrected chi connectivity index (χ0v) is 15.0. The molecule has 0 saturated carbocycles. The second-order valence-electron chi connectivity index (χ2n) is 6.61. The molecule has 2 aliphatic rings. The Hall–Kier alpha value is -2.74. The number of hydrogen-bond acceptors (Lipinski definition) is 7. The molecule has 0 amide bonds. The lowest BCUT2D eigenvalue weighted by molar-refractivity contribution is -0.0570. The third kappa shape index (κ3) is 3.57. The van der Waals surface area contributed by atoms with Gasteiger partial charge >= 0.3 is 0 Å². The summed E-state index contributed by atoms with van der Waals surface area (Å²) in [5.74, 6) is 0.340. The zero-order chi connectivity index (χ0) is 18.6. The monoisotopic (exact) mass is 365 g/mol. The normalized spacial score (nSPS) is 22.9. The van der Waals surface area contributed by atoms with Gasteiger partial charge in [-0.1, -0.05) is 24.3 Å². The van der Waals surface area contributed by atoms with E-state index in [-0.39, 0.29) is 17.9 Å². The van der Waals surface area contributed by atoms with E-state index in [0.29, 0.717) is 25.4 Å². The van der Waals surface area contributed by atoms with Gasteiger partial charge in [-0.05, 0) is 23.3 Å². The summed E-state index contributed by atoms with van der Waals surface area (Å²) in [5.41, 5.74) is 7.95. The molecular formula is C20H23N5O2. The van der Waals surface area contributed by atoms with Crippen molar-refractivity contribution < 1.29 is 9.21 Å². The Morgan fingerprint density at radius 2 is 2.11 bits per heavy atom. The van der Waals surface area contributed by atoms with Crippen LogP contribution in [0, 0.1) is 0 Å². The zero-order valence-electron chi connectivity index (χ0n) is 15.0. The molecule has 7 heteroatoms. The van der Waals surface area contributed by atoms with Gasteiger partial charge in [-0.25, -0.2) is 5.01 Å². The van der Waals surface area contributed by atoms with Crippen LogP contribution in [-0.2, 0) is 6.54 Å². The van der Waals surface area contributed by atoms with Crippen molar-refractivity contribution in [2.45, 2.75) is 18.6 Å². The van der Waals surface area contributed by atoms with E-state index in [0.717, 1.165) is 17.7 Å². The van der Waals surface area contributed by atoms with Gasteiger partial charge in [-0.3, -0.25) is 9.79 Å². The van der Waals surface area contributed by atoms with Crippen LogP contribution in [0.3, 0.4) is 0 Å². The summed E-state index contributed by atoms with van der Waals surface area (Å²) >= 11 is 0. The number of hydrazine groups is 1. The number of rotatable bonds is 5. The van der Waals surface area contributed by atoms with Gasteiger partial charge in [0.05, 0.1) is 18.8 Å². The summed E-state index contributed by atoms with van der Waals surface area (Å²) in [4.78, 5) is 17.3. The fourth-order valence-corrected chi connectivity index (χ4v) is 3.60. The van der Waals surface area contributed by atoms with E-state index in [9.17, 15) is 4.79 Å². The number of Topliss-reactive ketones (excluding diaryl/α,β-unsaturated/α-hetero) is 1. The fourth-order valence-electron chi connectivity index (χ4n) is 3.60. The largest absolute Gasteiger partial charge is 0.461 e. The molecule has 1 aromatic heterocycles. The first-order chi connectivity index (χ1) is 13.3. The van der Waals surface area contributed by atoms with Crippen molar-refractivity contribution in [3.8, 4) is 0 Å². The van der Waals surface area contributed by atoms with Crippen LogP contribution in [0.15, 0.2) is 64.5 Å². The maximum absolute atomic E-state index is 13.1. The van der Waals surface area contributed by atoms with Crippen LogP contribution in [0.25, 0.3) is 0 Å². The summed E-state index contributed by atoms with van der Waals surface area (Å²) in [5, 5.41) is 7.61. The predicted octanol–water partition coefficient (Wildman–Crippen LogP) is 1.71. The third-order valence-electron chi connectivity index (χ3n) is 4.98. The average Bonchev–Trinajstić information content (AvgIpc) is 3.28. The number of furan rings is 1. The van der Waals surface area contributed by atoms with Crippen LogP contribution in [0.2, 0.25) is 0 Å². The van der Waals surface area contributed by atoms with Crippen molar-refractivity contribution in [3.63, 3.8) is 0 Å². The molecule has 2 aromatic rings. The number of carbonyl (C=O) groups excluding carboxylic acids is 1. The van der Waals surface area contributed by atoms with E-state index in [1.807, 2.05) is 24.5 Å². The van der Waals surface area contributed by atoms with Crippen LogP contribution in [-0.4, -0.2) is 47.7 Å². The molecule has 0 spiro atoms. The number of nitrogens with one attached hydrogen (secondary N) is 1. The molecule has 0 radical (unpaired) electrons. The standard InChI is InChI=1S/C20H23N5O2/c21-12-15-3-5-16(6-4-15)17-13-23-14-18(20(26)19-2-1-11-27-19)25(17)24-9-7-22-8-10-24/h1-9,11,17-18,23H,10,12-14,21H2. The quantitative estimate of drug-likeness (QED) is 0.785. The predicted molar refractivity (Wildman–Crippen MR) is 103 cm³/mol. The SMILES string of the molecule is NCc1ccc(C2CNCC(C(=O)c3ccco3)N2N2C=CN=CC2)cc1. The molecule has 2 unspecified atom stereocenters. The summed E-state index contributed by atoms with van der Waals surface area (Å²) in [7, 11) is 0. The molecule has 3 N–H and O–H groups in total. The topological polar surface area (TPSA) is 87.1 Å². The van der Waals surface area contributed by atoms with E-state index in [1.165, 1.54) is 6.26 Å². The minimum atomic E-state index is -0.375. The molecule has 27 heavy (non-hydrogen) atoms. The Kier molecular flexibility index (Phi) is 5.15. The highest BCUT2D eigenvalue weighted by Crippen LogP contribution is 2.29. The lowest BCUT2D eigenvalue weighted by Gasteiger charge is -2.47. The van der Waals surface area contributed by atoms with Gasteiger partial charge in [0, 0.05) is 38.2 Å². The smallest absolute Gasteiger partial charge is 0.218 e. The minimum absolute atomic E-state index is 0.00522. The van der Waals surface area contributed by atoms with E-state index in [2.05, 4.69) is 32.5 Å². The van der Waals surface area contributed by atoms with E-state index >= 15 is 0 Å². The number of ketones is 1. The number of carbonyl (C=O) groups is 1. The first-order valence-corrected chi connectivity index (χ1v) is 9.08. The third-order valence-corrected chi connectivity index (χ3v) is 4.98. The van der Waals surface area contributed by atoms with Crippen molar-refractivity contribution in [2.24, 2.45) is 10.7 Å². The average molecular weight is 365 g/mol. The molecule has 1 fully saturated rings. The van der Waals surface area contributed by atoms with Crippen LogP contribution in [0.4, 0.5) is 0 Å². The Morgan fingerprint density at radius 1 is 1.26 bits per heavy atom. The Balaban J connectivity index is 1.68. The van der Waals surface area contributed by atoms with Crippen LogP contribution < -0.4 is 11.1 Å². The van der Waals surface area contributed by atoms with Crippen molar-refractivity contribution in [3.05, 3.63) is 71.9 Å². The van der Waals surface area contributed by atoms with Crippen molar-refractivity contribution >= 4 is 12.0 Å². The molecule has 140 valence electrons. The van der Waals surface area contributed by atoms with E-state index in [4.69, 9.17) is 10.2 Å². The summed E-state index contributed by atoms with van der Waals surface area (Å²) in [6, 6.07) is 11.3. The van der Waals surface area contributed by atoms with Gasteiger partial charge in [-0.15, -0.1) is 0 Å². The Labute approximate surface area is 158 Å². The number of aliphatic imine (C=N–C) groups is 1. The van der Waals surface area contributed by atoms with Gasteiger partial charge in [0.15, 0.2) is 5.76 Å². The minimum Gasteiger partial charge on any atom is -0.461 e. The van der Waals surface area contributed by atoms with Gasteiger partial charge in [-0.2, -0.15) is 0 Å². The maximum atomic E-state index is 13.1. The molecule has 7 nitrogen and oxygen atoms in total. The summed E-state index contributed by atoms with van der Waals surface area (Å²) in [6.07, 6.45) is 7.03. The van der Waals surface area contributed by atoms with Gasteiger partial charge < -0.3 is 20.5 Å². The van der Waals surface area contributed by atoms with Gasteiger partial charge in [0.2, 0.25) is 5.78 Å². The van der Waals surface area contributed by atoms with Crippen LogP contribution in [0.1, 0.15) is 27.7 Å². The van der Waals surface area contributed by atoms with E-state index in [1.54, 1.807) is 18.3 Å². The Bertz CT molecular complexity index is 829. The second kappa shape index (κ2) is 7.87. The highest BCUT2D eigenvalue weighted by Gasteiger charge is 2.39. The molecule has 3 heterocycles. The fraction of sp³-hybridized carbons (Fsp3) is 0.300. The van der Waals surface area contributed by atoms with Gasteiger partial charge in [0.25, 0.3) is 0 Å². The first kappa shape index (κ1) is 17.7. The first-order valence-electron chi connectivity index (χ1n) is 9.08. The number of nitrogens with zero attached hydrogens (tertiary/aromatic N) is 3. The molecular weight excluding hydrogens is 342 g/mol. The van der Waals surface area contributed by atoms with E-state index < -0.39 is 0 Å². The number of piperazine rings is 1. The molecule has 0 bridgehead atoms. The van der Waals surface area contributed by atoms with Crippen molar-refractivity contribution in [1.29, 1.82) is 0 Å².